The van der Waals surface area contributed by atoms with Gasteiger partial charge in [-0.3, -0.25) is 4.79 Å². The largest absolute Gasteiger partial charge is 0.493 e. The number of hydrogen-bond donors (Lipinski definition) is 1. The molecule has 0 unspecified atom stereocenters. The summed E-state index contributed by atoms with van der Waals surface area (Å²) in [5, 5.41) is 13.1. The minimum atomic E-state index is -0.288. The SMILES string of the molecule is C=CCc1ccc(OCC(=O)Nc2sc3c(c2C#N)CC[C@H](CC)C3)c(OC)c1. The first-order valence-corrected chi connectivity index (χ1v) is 10.7. The van der Waals surface area contributed by atoms with Gasteiger partial charge in [-0.05, 0) is 54.9 Å². The number of methoxy groups -OCH3 is 1. The molecule has 1 heterocycles. The Kier molecular flexibility index (Phi) is 6.95. The Morgan fingerprint density at radius 2 is 2.28 bits per heavy atom. The summed E-state index contributed by atoms with van der Waals surface area (Å²) in [4.78, 5) is 13.7. The van der Waals surface area contributed by atoms with Crippen LogP contribution < -0.4 is 14.8 Å². The molecule has 29 heavy (non-hydrogen) atoms. The summed E-state index contributed by atoms with van der Waals surface area (Å²) in [6.07, 6.45) is 6.70. The minimum absolute atomic E-state index is 0.151. The van der Waals surface area contributed by atoms with Crippen LogP contribution in [0, 0.1) is 17.2 Å². The van der Waals surface area contributed by atoms with E-state index in [1.54, 1.807) is 13.2 Å². The van der Waals surface area contributed by atoms with Crippen molar-refractivity contribution < 1.29 is 14.3 Å². The molecule has 0 radical (unpaired) electrons. The summed E-state index contributed by atoms with van der Waals surface area (Å²) in [6, 6.07) is 7.87. The predicted molar refractivity (Wildman–Crippen MR) is 116 cm³/mol. The van der Waals surface area contributed by atoms with Crippen LogP contribution in [0.3, 0.4) is 0 Å². The Morgan fingerprint density at radius 1 is 1.45 bits per heavy atom. The Labute approximate surface area is 176 Å². The van der Waals surface area contributed by atoms with E-state index in [4.69, 9.17) is 9.47 Å². The zero-order valence-electron chi connectivity index (χ0n) is 16.9. The van der Waals surface area contributed by atoms with Crippen LogP contribution in [0.15, 0.2) is 30.9 Å². The Balaban J connectivity index is 1.67. The Morgan fingerprint density at radius 3 is 2.97 bits per heavy atom. The molecule has 3 rings (SSSR count). The molecule has 2 aromatic rings. The predicted octanol–water partition coefficient (Wildman–Crippen LogP) is 4.89. The smallest absolute Gasteiger partial charge is 0.262 e. The normalized spacial score (nSPS) is 15.1. The van der Waals surface area contributed by atoms with Gasteiger partial charge in [-0.1, -0.05) is 25.5 Å². The number of ether oxygens (including phenoxy) is 2. The average Bonchev–Trinajstić information content (AvgIpc) is 3.08. The Bertz CT molecular complexity index is 942. The van der Waals surface area contributed by atoms with Crippen LogP contribution in [-0.2, 0) is 24.1 Å². The standard InChI is InChI=1S/C23H26N2O3S/c1-4-6-16-8-10-19(20(11-16)27-3)28-14-22(26)25-23-18(13-24)17-9-7-15(5-2)12-21(17)29-23/h4,8,10-11,15H,1,5-7,9,12,14H2,2-3H3,(H,25,26)/t15-/m0/s1. The average molecular weight is 411 g/mol. The fourth-order valence-corrected chi connectivity index (χ4v) is 4.97. The quantitative estimate of drug-likeness (QED) is 0.629. The van der Waals surface area contributed by atoms with E-state index in [0.29, 0.717) is 28.0 Å². The molecule has 6 heteroatoms. The van der Waals surface area contributed by atoms with Crippen LogP contribution in [0.2, 0.25) is 0 Å². The molecule has 0 fully saturated rings. The van der Waals surface area contributed by atoms with Crippen molar-refractivity contribution in [2.75, 3.05) is 19.0 Å². The Hall–Kier alpha value is -2.78. The van der Waals surface area contributed by atoms with Gasteiger partial charge in [0.15, 0.2) is 18.1 Å². The molecule has 1 aliphatic rings. The summed E-state index contributed by atoms with van der Waals surface area (Å²) in [7, 11) is 1.57. The molecular weight excluding hydrogens is 384 g/mol. The van der Waals surface area contributed by atoms with Crippen molar-refractivity contribution in [3.05, 3.63) is 52.4 Å². The number of amides is 1. The summed E-state index contributed by atoms with van der Waals surface area (Å²) in [5.41, 5.74) is 2.78. The number of allylic oxidation sites excluding steroid dienone is 1. The molecule has 1 amide bonds. The highest BCUT2D eigenvalue weighted by Crippen LogP contribution is 2.40. The maximum Gasteiger partial charge on any atom is 0.262 e. The molecule has 0 saturated carbocycles. The van der Waals surface area contributed by atoms with Crippen molar-refractivity contribution in [3.63, 3.8) is 0 Å². The number of fused-ring (bicyclic) bond motifs is 1. The summed E-state index contributed by atoms with van der Waals surface area (Å²) >= 11 is 1.53. The third-order valence-electron chi connectivity index (χ3n) is 5.28. The molecule has 1 aromatic carbocycles. The van der Waals surface area contributed by atoms with Crippen molar-refractivity contribution in [2.45, 2.75) is 39.0 Å². The van der Waals surface area contributed by atoms with Gasteiger partial charge in [-0.2, -0.15) is 5.26 Å². The van der Waals surface area contributed by atoms with E-state index in [-0.39, 0.29) is 12.5 Å². The van der Waals surface area contributed by atoms with Gasteiger partial charge in [0.05, 0.1) is 12.7 Å². The molecule has 0 aliphatic heterocycles. The van der Waals surface area contributed by atoms with Crippen LogP contribution in [0.4, 0.5) is 5.00 Å². The second-order valence-corrected chi connectivity index (χ2v) is 8.26. The number of nitriles is 1. The van der Waals surface area contributed by atoms with Gasteiger partial charge < -0.3 is 14.8 Å². The first-order chi connectivity index (χ1) is 14.1. The van der Waals surface area contributed by atoms with E-state index in [2.05, 4.69) is 24.9 Å². The lowest BCUT2D eigenvalue weighted by Gasteiger charge is -2.20. The second-order valence-electron chi connectivity index (χ2n) is 7.15. The maximum atomic E-state index is 12.5. The number of carbonyl (C=O) groups is 1. The lowest BCUT2D eigenvalue weighted by molar-refractivity contribution is -0.118. The second kappa shape index (κ2) is 9.62. The van der Waals surface area contributed by atoms with E-state index in [1.165, 1.54) is 16.2 Å². The van der Waals surface area contributed by atoms with Gasteiger partial charge >= 0.3 is 0 Å². The van der Waals surface area contributed by atoms with Crippen molar-refractivity contribution in [1.82, 2.24) is 0 Å². The van der Waals surface area contributed by atoms with Gasteiger partial charge in [-0.25, -0.2) is 0 Å². The van der Waals surface area contributed by atoms with E-state index in [1.807, 2.05) is 18.2 Å². The van der Waals surface area contributed by atoms with Crippen LogP contribution in [0.25, 0.3) is 0 Å². The highest BCUT2D eigenvalue weighted by atomic mass is 32.1. The van der Waals surface area contributed by atoms with Crippen LogP contribution >= 0.6 is 11.3 Å². The summed E-state index contributed by atoms with van der Waals surface area (Å²) in [5.74, 6) is 1.46. The highest BCUT2D eigenvalue weighted by Gasteiger charge is 2.25. The van der Waals surface area contributed by atoms with E-state index in [9.17, 15) is 10.1 Å². The minimum Gasteiger partial charge on any atom is -0.493 e. The third-order valence-corrected chi connectivity index (χ3v) is 6.45. The number of nitrogens with zero attached hydrogens (tertiary/aromatic N) is 1. The van der Waals surface area contributed by atoms with Crippen molar-refractivity contribution in [3.8, 4) is 17.6 Å². The molecule has 1 atom stereocenters. The number of nitrogens with one attached hydrogen (secondary N) is 1. The highest BCUT2D eigenvalue weighted by molar-refractivity contribution is 7.16. The van der Waals surface area contributed by atoms with Crippen LogP contribution in [0.1, 0.15) is 41.3 Å². The zero-order valence-corrected chi connectivity index (χ0v) is 17.7. The van der Waals surface area contributed by atoms with E-state index >= 15 is 0 Å². The molecule has 1 N–H and O–H groups in total. The van der Waals surface area contributed by atoms with Gasteiger partial charge in [0.1, 0.15) is 11.1 Å². The van der Waals surface area contributed by atoms with Crippen molar-refractivity contribution >= 4 is 22.2 Å². The zero-order chi connectivity index (χ0) is 20.8. The molecule has 5 nitrogen and oxygen atoms in total. The monoisotopic (exact) mass is 410 g/mol. The number of hydrogen-bond acceptors (Lipinski definition) is 5. The van der Waals surface area contributed by atoms with E-state index in [0.717, 1.165) is 43.2 Å². The topological polar surface area (TPSA) is 71.3 Å². The molecule has 0 bridgehead atoms. The van der Waals surface area contributed by atoms with Crippen molar-refractivity contribution in [1.29, 1.82) is 5.26 Å². The molecule has 1 aliphatic carbocycles. The molecule has 0 spiro atoms. The number of rotatable bonds is 8. The fraction of sp³-hybridized carbons (Fsp3) is 0.391. The van der Waals surface area contributed by atoms with Gasteiger partial charge in [-0.15, -0.1) is 17.9 Å². The molecular formula is C23H26N2O3S. The van der Waals surface area contributed by atoms with Gasteiger partial charge in [0, 0.05) is 4.88 Å². The number of thiophene rings is 1. The molecule has 1 aromatic heterocycles. The maximum absolute atomic E-state index is 12.5. The first-order valence-electron chi connectivity index (χ1n) is 9.84. The first kappa shape index (κ1) is 20.9. The number of benzene rings is 1. The summed E-state index contributed by atoms with van der Waals surface area (Å²) < 4.78 is 11.0. The van der Waals surface area contributed by atoms with Gasteiger partial charge in [0.25, 0.3) is 5.91 Å². The lowest BCUT2D eigenvalue weighted by Crippen LogP contribution is -2.20. The number of carbonyl (C=O) groups excluding carboxylic acids is 1. The van der Waals surface area contributed by atoms with E-state index < -0.39 is 0 Å². The third kappa shape index (κ3) is 4.80. The van der Waals surface area contributed by atoms with Crippen LogP contribution in [-0.4, -0.2) is 19.6 Å². The molecule has 0 saturated heterocycles. The van der Waals surface area contributed by atoms with Crippen LogP contribution in [0.5, 0.6) is 11.5 Å². The lowest BCUT2D eigenvalue weighted by atomic mass is 9.86. The number of anilines is 1. The van der Waals surface area contributed by atoms with Crippen molar-refractivity contribution in [2.24, 2.45) is 5.92 Å². The summed E-state index contributed by atoms with van der Waals surface area (Å²) in [6.45, 7) is 5.78. The fourth-order valence-electron chi connectivity index (χ4n) is 3.64. The van der Waals surface area contributed by atoms with Gasteiger partial charge in [0.2, 0.25) is 0 Å². The molecule has 152 valence electrons.